The fraction of sp³-hybridized carbons (Fsp3) is 0.167. The molecule has 1 aromatic heterocycles. The minimum absolute atomic E-state index is 0.00721. The third kappa shape index (κ3) is 2.71. The highest BCUT2D eigenvalue weighted by atomic mass is 16.1. The van der Waals surface area contributed by atoms with Crippen LogP contribution in [0.4, 0.5) is 5.82 Å². The number of amides is 1. The van der Waals surface area contributed by atoms with Crippen molar-refractivity contribution in [3.05, 3.63) is 52.9 Å². The molecule has 1 amide bonds. The zero-order chi connectivity index (χ0) is 12.8. The molecule has 18 heavy (non-hydrogen) atoms. The van der Waals surface area contributed by atoms with Crippen LogP contribution in [0.1, 0.15) is 16.1 Å². The predicted molar refractivity (Wildman–Crippen MR) is 65.8 cm³/mol. The van der Waals surface area contributed by atoms with Gasteiger partial charge in [0.25, 0.3) is 5.91 Å². The lowest BCUT2D eigenvalue weighted by molar-refractivity contribution is 0.0950. The van der Waals surface area contributed by atoms with Gasteiger partial charge in [0.05, 0.1) is 5.39 Å². The van der Waals surface area contributed by atoms with E-state index in [-0.39, 0.29) is 17.4 Å². The number of diazo groups is 1. The highest BCUT2D eigenvalue weighted by molar-refractivity contribution is 5.96. The maximum atomic E-state index is 11.7. The lowest BCUT2D eigenvalue weighted by Gasteiger charge is -2.02. The topological polar surface area (TPSA) is 85.9 Å². The number of carbonyl (C=O) groups excluding carboxylic acids is 1. The monoisotopic (exact) mass is 242 g/mol. The average molecular weight is 242 g/mol. The van der Waals surface area contributed by atoms with Gasteiger partial charge in [-0.2, -0.15) is 0 Å². The molecule has 0 aliphatic carbocycles. The molecule has 0 aliphatic rings. The second-order valence-electron chi connectivity index (χ2n) is 3.69. The van der Waals surface area contributed by atoms with E-state index in [0.29, 0.717) is 6.54 Å². The fourth-order valence-corrected chi connectivity index (χ4v) is 1.58. The molecule has 1 heterocycles. The molecule has 90 valence electrons. The first-order valence-corrected chi connectivity index (χ1v) is 5.52. The maximum absolute atomic E-state index is 11.7. The fourth-order valence-electron chi connectivity index (χ4n) is 1.58. The van der Waals surface area contributed by atoms with Gasteiger partial charge in [0.1, 0.15) is 0 Å². The van der Waals surface area contributed by atoms with Crippen LogP contribution in [0.3, 0.4) is 0 Å². The second-order valence-corrected chi connectivity index (χ2v) is 3.69. The number of aromatic amines is 1. The van der Waals surface area contributed by atoms with Crippen molar-refractivity contribution in [3.63, 3.8) is 0 Å². The van der Waals surface area contributed by atoms with Gasteiger partial charge in [-0.1, -0.05) is 30.3 Å². The van der Waals surface area contributed by atoms with Crippen LogP contribution < -0.4 is 5.32 Å². The molecule has 0 saturated heterocycles. The summed E-state index contributed by atoms with van der Waals surface area (Å²) in [6.07, 6.45) is 2.05. The van der Waals surface area contributed by atoms with Crippen LogP contribution in [0.2, 0.25) is 0 Å². The minimum atomic E-state index is -0.337. The van der Waals surface area contributed by atoms with E-state index in [1.165, 1.54) is 6.33 Å². The average Bonchev–Trinajstić information content (AvgIpc) is 2.88. The van der Waals surface area contributed by atoms with E-state index in [0.717, 1.165) is 12.0 Å². The van der Waals surface area contributed by atoms with Crippen LogP contribution >= 0.6 is 0 Å². The van der Waals surface area contributed by atoms with Crippen LogP contribution in [0.15, 0.2) is 36.7 Å². The molecule has 2 N–H and O–H groups in total. The van der Waals surface area contributed by atoms with Crippen LogP contribution in [0.25, 0.3) is 4.98 Å². The second kappa shape index (κ2) is 5.59. The Morgan fingerprint density at radius 2 is 2.17 bits per heavy atom. The van der Waals surface area contributed by atoms with Gasteiger partial charge in [0, 0.05) is 11.5 Å². The van der Waals surface area contributed by atoms with Gasteiger partial charge in [-0.25, -0.2) is 0 Å². The quantitative estimate of drug-likeness (QED) is 0.802. The molecular formula is C12H12N5O+. The first kappa shape index (κ1) is 11.8. The Hall–Kier alpha value is -2.68. The first-order chi connectivity index (χ1) is 8.81. The van der Waals surface area contributed by atoms with Crippen molar-refractivity contribution in [1.29, 1.82) is 5.39 Å². The van der Waals surface area contributed by atoms with Crippen LogP contribution in [0, 0.1) is 5.39 Å². The molecule has 0 aliphatic heterocycles. The molecule has 0 radical (unpaired) electrons. The van der Waals surface area contributed by atoms with E-state index < -0.39 is 0 Å². The molecule has 2 rings (SSSR count). The molecular weight excluding hydrogens is 230 g/mol. The summed E-state index contributed by atoms with van der Waals surface area (Å²) < 4.78 is 0. The largest absolute Gasteiger partial charge is 0.495 e. The van der Waals surface area contributed by atoms with Crippen molar-refractivity contribution in [2.45, 2.75) is 6.42 Å². The number of H-pyrrole nitrogens is 1. The number of aromatic nitrogens is 2. The van der Waals surface area contributed by atoms with Gasteiger partial charge >= 0.3 is 5.82 Å². The number of nitrogens with zero attached hydrogens (tertiary/aromatic N) is 3. The van der Waals surface area contributed by atoms with Gasteiger partial charge in [0.2, 0.25) is 12.0 Å². The Morgan fingerprint density at radius 1 is 1.39 bits per heavy atom. The van der Waals surface area contributed by atoms with E-state index in [9.17, 15) is 4.79 Å². The minimum Gasteiger partial charge on any atom is -0.350 e. The smallest absolute Gasteiger partial charge is 0.350 e. The van der Waals surface area contributed by atoms with Gasteiger partial charge < -0.3 is 10.3 Å². The van der Waals surface area contributed by atoms with Crippen molar-refractivity contribution in [3.8, 4) is 0 Å². The summed E-state index contributed by atoms with van der Waals surface area (Å²) >= 11 is 0. The Balaban J connectivity index is 1.88. The maximum Gasteiger partial charge on any atom is 0.495 e. The third-order valence-corrected chi connectivity index (χ3v) is 2.48. The highest BCUT2D eigenvalue weighted by Gasteiger charge is 2.23. The van der Waals surface area contributed by atoms with Crippen molar-refractivity contribution in [1.82, 2.24) is 15.3 Å². The number of carbonyl (C=O) groups is 1. The molecule has 0 atom stereocenters. The summed E-state index contributed by atoms with van der Waals surface area (Å²) in [5.74, 6) is -0.344. The van der Waals surface area contributed by atoms with Crippen molar-refractivity contribution in [2.75, 3.05) is 6.54 Å². The highest BCUT2D eigenvalue weighted by Crippen LogP contribution is 2.12. The van der Waals surface area contributed by atoms with Crippen molar-refractivity contribution in [2.24, 2.45) is 0 Å². The normalized spacial score (nSPS) is 9.72. The van der Waals surface area contributed by atoms with E-state index in [4.69, 9.17) is 5.39 Å². The van der Waals surface area contributed by atoms with Crippen molar-refractivity contribution >= 4 is 11.7 Å². The zero-order valence-corrected chi connectivity index (χ0v) is 9.63. The zero-order valence-electron chi connectivity index (χ0n) is 9.63. The molecule has 0 bridgehead atoms. The van der Waals surface area contributed by atoms with Gasteiger partial charge in [0.15, 0.2) is 0 Å². The predicted octanol–water partition coefficient (Wildman–Crippen LogP) is 1.87. The Kier molecular flexibility index (Phi) is 3.66. The van der Waals surface area contributed by atoms with Crippen LogP contribution in [-0.2, 0) is 6.42 Å². The lowest BCUT2D eigenvalue weighted by atomic mass is 10.1. The number of nitrogens with one attached hydrogen (secondary N) is 2. The number of hydrogen-bond acceptors (Lipinski definition) is 3. The summed E-state index contributed by atoms with van der Waals surface area (Å²) in [5, 5.41) is 11.3. The summed E-state index contributed by atoms with van der Waals surface area (Å²) in [4.78, 5) is 21.0. The van der Waals surface area contributed by atoms with Crippen LogP contribution in [-0.4, -0.2) is 22.4 Å². The summed E-state index contributed by atoms with van der Waals surface area (Å²) in [6, 6.07) is 9.85. The molecule has 0 spiro atoms. The standard InChI is InChI=1S/C12H11N5O/c13-17-11-10(15-8-16-11)12(18)14-7-6-9-4-2-1-3-5-9/h1-5,8H,6-7H2,(H-,14,15,16,18)/p+1. The van der Waals surface area contributed by atoms with E-state index in [2.05, 4.69) is 20.3 Å². The summed E-state index contributed by atoms with van der Waals surface area (Å²) in [7, 11) is 0. The molecule has 0 unspecified atom stereocenters. The van der Waals surface area contributed by atoms with Crippen molar-refractivity contribution < 1.29 is 4.79 Å². The summed E-state index contributed by atoms with van der Waals surface area (Å²) in [6.45, 7) is 0.507. The number of imidazole rings is 1. The molecule has 0 saturated carbocycles. The van der Waals surface area contributed by atoms with Crippen LogP contribution in [0.5, 0.6) is 0 Å². The molecule has 1 aromatic carbocycles. The van der Waals surface area contributed by atoms with E-state index in [1.807, 2.05) is 30.3 Å². The molecule has 0 fully saturated rings. The molecule has 6 heteroatoms. The summed E-state index contributed by atoms with van der Waals surface area (Å²) in [5.41, 5.74) is 1.31. The molecule has 2 aromatic rings. The Morgan fingerprint density at radius 3 is 2.89 bits per heavy atom. The number of hydrogen-bond donors (Lipinski definition) is 2. The van der Waals surface area contributed by atoms with E-state index >= 15 is 0 Å². The van der Waals surface area contributed by atoms with E-state index in [1.54, 1.807) is 0 Å². The number of rotatable bonds is 4. The van der Waals surface area contributed by atoms with Gasteiger partial charge in [-0.3, -0.25) is 4.79 Å². The Labute approximate surface area is 104 Å². The van der Waals surface area contributed by atoms with Gasteiger partial charge in [-0.05, 0) is 17.0 Å². The first-order valence-electron chi connectivity index (χ1n) is 5.52. The Bertz CT molecular complexity index is 570. The molecule has 6 nitrogen and oxygen atoms in total. The SMILES string of the molecule is N#[N+]c1nc[nH]c1C(=O)NCCc1ccccc1. The van der Waals surface area contributed by atoms with Gasteiger partial charge in [-0.15, -0.1) is 0 Å². The lowest BCUT2D eigenvalue weighted by Crippen LogP contribution is -2.26. The third-order valence-electron chi connectivity index (χ3n) is 2.48. The number of benzene rings is 1.